The molecule has 1 amide bonds. The first kappa shape index (κ1) is 14.7. The lowest BCUT2D eigenvalue weighted by Gasteiger charge is -2.35. The van der Waals surface area contributed by atoms with E-state index in [0.29, 0.717) is 6.61 Å². The fourth-order valence-corrected chi connectivity index (χ4v) is 2.18. The zero-order valence-corrected chi connectivity index (χ0v) is 10.9. The van der Waals surface area contributed by atoms with Gasteiger partial charge in [-0.1, -0.05) is 0 Å². The number of primary amides is 1. The Morgan fingerprint density at radius 1 is 1.48 bits per heavy atom. The quantitative estimate of drug-likeness (QED) is 0.588. The van der Waals surface area contributed by atoms with E-state index in [0.717, 1.165) is 6.07 Å². The lowest BCUT2D eigenvalue weighted by molar-refractivity contribution is -0.384. The number of nitrogens with zero attached hydrogens (tertiary/aromatic N) is 2. The molecule has 0 radical (unpaired) electrons. The molecule has 0 aliphatic carbocycles. The van der Waals surface area contributed by atoms with Crippen LogP contribution in [0.25, 0.3) is 0 Å². The van der Waals surface area contributed by atoms with Gasteiger partial charge in [0.05, 0.1) is 29.4 Å². The van der Waals surface area contributed by atoms with Crippen molar-refractivity contribution in [2.75, 3.05) is 24.7 Å². The number of non-ortho nitro benzene ring substituents is 1. The highest BCUT2D eigenvalue weighted by molar-refractivity contribution is 6.00. The highest BCUT2D eigenvalue weighted by atomic mass is 16.6. The number of amides is 1. The fraction of sp³-hybridized carbons (Fsp3) is 0.333. The largest absolute Gasteiger partial charge is 0.480 e. The Labute approximate surface area is 119 Å². The van der Waals surface area contributed by atoms with Crippen LogP contribution in [0, 0.1) is 10.1 Å². The Morgan fingerprint density at radius 3 is 2.76 bits per heavy atom. The van der Waals surface area contributed by atoms with E-state index in [1.807, 2.05) is 0 Å². The molecular weight excluding hydrogens is 282 g/mol. The molecule has 1 saturated heterocycles. The van der Waals surface area contributed by atoms with E-state index in [4.69, 9.17) is 10.5 Å². The first-order valence-corrected chi connectivity index (χ1v) is 6.07. The SMILES string of the molecule is NC(=O)c1cc([N+](=O)[O-])ccc1N1CCOCC1C(=O)O. The number of nitro benzene ring substituents is 1. The van der Waals surface area contributed by atoms with Gasteiger partial charge in [-0.05, 0) is 6.07 Å². The highest BCUT2D eigenvalue weighted by Crippen LogP contribution is 2.28. The first-order chi connectivity index (χ1) is 9.91. The zero-order valence-electron chi connectivity index (χ0n) is 10.9. The van der Waals surface area contributed by atoms with Gasteiger partial charge in [0.1, 0.15) is 0 Å². The maximum Gasteiger partial charge on any atom is 0.328 e. The molecule has 1 fully saturated rings. The van der Waals surface area contributed by atoms with Crippen LogP contribution in [0.3, 0.4) is 0 Å². The van der Waals surface area contributed by atoms with Gasteiger partial charge in [0, 0.05) is 18.7 Å². The van der Waals surface area contributed by atoms with Gasteiger partial charge in [-0.2, -0.15) is 0 Å². The summed E-state index contributed by atoms with van der Waals surface area (Å²) in [6, 6.07) is 2.61. The number of carboxylic acid groups (broad SMARTS) is 1. The van der Waals surface area contributed by atoms with E-state index >= 15 is 0 Å². The number of hydrogen-bond acceptors (Lipinski definition) is 6. The van der Waals surface area contributed by atoms with Crippen molar-refractivity contribution in [3.8, 4) is 0 Å². The third kappa shape index (κ3) is 2.92. The molecule has 1 unspecified atom stereocenters. The predicted molar refractivity (Wildman–Crippen MR) is 71.2 cm³/mol. The lowest BCUT2D eigenvalue weighted by atomic mass is 10.1. The van der Waals surface area contributed by atoms with Gasteiger partial charge in [-0.15, -0.1) is 0 Å². The standard InChI is InChI=1S/C12H13N3O6/c13-11(16)8-5-7(15(19)20)1-2-9(8)14-3-4-21-6-10(14)12(17)18/h1-2,5,10H,3-4,6H2,(H2,13,16)(H,17,18). The number of anilines is 1. The number of carboxylic acids is 1. The maximum atomic E-state index is 11.5. The number of aliphatic carboxylic acids is 1. The van der Waals surface area contributed by atoms with Crippen LogP contribution in [0.15, 0.2) is 18.2 Å². The van der Waals surface area contributed by atoms with E-state index in [-0.39, 0.29) is 30.1 Å². The lowest BCUT2D eigenvalue weighted by Crippen LogP contribution is -2.50. The minimum atomic E-state index is -1.11. The summed E-state index contributed by atoms with van der Waals surface area (Å²) in [6.07, 6.45) is 0. The molecule has 2 rings (SSSR count). The van der Waals surface area contributed by atoms with Crippen LogP contribution >= 0.6 is 0 Å². The monoisotopic (exact) mass is 295 g/mol. The molecule has 1 aliphatic rings. The molecule has 9 nitrogen and oxygen atoms in total. The molecule has 0 aromatic heterocycles. The summed E-state index contributed by atoms with van der Waals surface area (Å²) in [4.78, 5) is 34.3. The van der Waals surface area contributed by atoms with Gasteiger partial charge in [-0.25, -0.2) is 4.79 Å². The molecule has 0 spiro atoms. The number of carbonyl (C=O) groups is 2. The van der Waals surface area contributed by atoms with Crippen molar-refractivity contribution in [2.24, 2.45) is 5.73 Å². The van der Waals surface area contributed by atoms with Crippen molar-refractivity contribution in [1.29, 1.82) is 0 Å². The molecule has 9 heteroatoms. The Bertz CT molecular complexity index is 603. The zero-order chi connectivity index (χ0) is 15.6. The third-order valence-corrected chi connectivity index (χ3v) is 3.18. The molecule has 112 valence electrons. The van der Waals surface area contributed by atoms with Crippen LogP contribution in [-0.2, 0) is 9.53 Å². The number of hydrogen-bond donors (Lipinski definition) is 2. The molecule has 1 atom stereocenters. The molecule has 1 aromatic rings. The summed E-state index contributed by atoms with van der Waals surface area (Å²) in [5.41, 5.74) is 5.13. The molecular formula is C12H13N3O6. The van der Waals surface area contributed by atoms with Crippen LogP contribution in [0.5, 0.6) is 0 Å². The summed E-state index contributed by atoms with van der Waals surface area (Å²) in [6.45, 7) is 0.499. The number of carbonyl (C=O) groups excluding carboxylic acids is 1. The molecule has 0 bridgehead atoms. The third-order valence-electron chi connectivity index (χ3n) is 3.18. The second kappa shape index (κ2) is 5.75. The van der Waals surface area contributed by atoms with Gasteiger partial charge in [0.25, 0.3) is 11.6 Å². The number of ether oxygens (including phenoxy) is 1. The average molecular weight is 295 g/mol. The number of benzene rings is 1. The van der Waals surface area contributed by atoms with Crippen LogP contribution < -0.4 is 10.6 Å². The van der Waals surface area contributed by atoms with Crippen LogP contribution in [-0.4, -0.2) is 47.7 Å². The minimum absolute atomic E-state index is 0.0372. The maximum absolute atomic E-state index is 11.5. The summed E-state index contributed by atoms with van der Waals surface area (Å²) < 4.78 is 5.11. The summed E-state index contributed by atoms with van der Waals surface area (Å²) >= 11 is 0. The average Bonchev–Trinajstić information content (AvgIpc) is 2.46. The molecule has 0 saturated carbocycles. The van der Waals surface area contributed by atoms with E-state index in [1.165, 1.54) is 17.0 Å². The number of morpholine rings is 1. The first-order valence-electron chi connectivity index (χ1n) is 6.07. The fourth-order valence-electron chi connectivity index (χ4n) is 2.18. The summed E-state index contributed by atoms with van der Waals surface area (Å²) in [5, 5.41) is 20.0. The smallest absolute Gasteiger partial charge is 0.328 e. The van der Waals surface area contributed by atoms with Gasteiger partial charge in [-0.3, -0.25) is 14.9 Å². The highest BCUT2D eigenvalue weighted by Gasteiger charge is 2.32. The van der Waals surface area contributed by atoms with Crippen molar-refractivity contribution in [1.82, 2.24) is 0 Å². The van der Waals surface area contributed by atoms with Crippen molar-refractivity contribution in [3.63, 3.8) is 0 Å². The topological polar surface area (TPSA) is 136 Å². The van der Waals surface area contributed by atoms with E-state index in [1.54, 1.807) is 0 Å². The Kier molecular flexibility index (Phi) is 4.03. The van der Waals surface area contributed by atoms with Crippen molar-refractivity contribution in [3.05, 3.63) is 33.9 Å². The Morgan fingerprint density at radius 2 is 2.19 bits per heavy atom. The Hall–Kier alpha value is -2.68. The number of nitrogens with two attached hydrogens (primary N) is 1. The molecule has 1 heterocycles. The van der Waals surface area contributed by atoms with Crippen LogP contribution in [0.1, 0.15) is 10.4 Å². The molecule has 1 aromatic carbocycles. The Balaban J connectivity index is 2.48. The van der Waals surface area contributed by atoms with Gasteiger partial charge in [0.15, 0.2) is 6.04 Å². The van der Waals surface area contributed by atoms with E-state index in [2.05, 4.69) is 0 Å². The van der Waals surface area contributed by atoms with Gasteiger partial charge < -0.3 is 20.5 Å². The van der Waals surface area contributed by atoms with E-state index < -0.39 is 22.8 Å². The summed E-state index contributed by atoms with van der Waals surface area (Å²) in [5.74, 6) is -1.96. The second-order valence-corrected chi connectivity index (χ2v) is 4.45. The molecule has 3 N–H and O–H groups in total. The normalized spacial score (nSPS) is 18.3. The summed E-state index contributed by atoms with van der Waals surface area (Å²) in [7, 11) is 0. The van der Waals surface area contributed by atoms with Crippen molar-refractivity contribution >= 4 is 23.3 Å². The molecule has 1 aliphatic heterocycles. The van der Waals surface area contributed by atoms with Gasteiger partial charge >= 0.3 is 5.97 Å². The van der Waals surface area contributed by atoms with Crippen molar-refractivity contribution in [2.45, 2.75) is 6.04 Å². The second-order valence-electron chi connectivity index (χ2n) is 4.45. The van der Waals surface area contributed by atoms with Crippen LogP contribution in [0.2, 0.25) is 0 Å². The van der Waals surface area contributed by atoms with Gasteiger partial charge in [0.2, 0.25) is 0 Å². The number of rotatable bonds is 4. The predicted octanol–water partition coefficient (Wildman–Crippen LogP) is -0.0165. The number of nitro groups is 1. The van der Waals surface area contributed by atoms with E-state index in [9.17, 15) is 24.8 Å². The minimum Gasteiger partial charge on any atom is -0.480 e. The molecule has 21 heavy (non-hydrogen) atoms. The van der Waals surface area contributed by atoms with Crippen molar-refractivity contribution < 1.29 is 24.4 Å². The van der Waals surface area contributed by atoms with Crippen LogP contribution in [0.4, 0.5) is 11.4 Å².